The van der Waals surface area contributed by atoms with Crippen molar-refractivity contribution >= 4 is 34.2 Å². The van der Waals surface area contributed by atoms with Gasteiger partial charge in [-0.25, -0.2) is 4.98 Å². The summed E-state index contributed by atoms with van der Waals surface area (Å²) in [5, 5.41) is 4.97. The van der Waals surface area contributed by atoms with Crippen molar-refractivity contribution in [1.82, 2.24) is 24.7 Å². The molecule has 1 aromatic carbocycles. The molecule has 7 nitrogen and oxygen atoms in total. The van der Waals surface area contributed by atoms with Crippen molar-refractivity contribution in [3.05, 3.63) is 52.0 Å². The summed E-state index contributed by atoms with van der Waals surface area (Å²) in [6, 6.07) is 10.9. The van der Waals surface area contributed by atoms with Crippen LogP contribution in [0.4, 0.5) is 0 Å². The lowest BCUT2D eigenvalue weighted by Gasteiger charge is -2.38. The first kappa shape index (κ1) is 27.8. The molecule has 2 aromatic heterocycles. The summed E-state index contributed by atoms with van der Waals surface area (Å²) < 4.78 is 2.36. The molecule has 0 spiro atoms. The number of likely N-dealkylation sites (tertiary alicyclic amines) is 2. The first-order chi connectivity index (χ1) is 19.1. The Bertz CT molecular complexity index is 1230. The SMILES string of the molecule is CCC(CC)n1c(Cc2cccs2)nc2cc(C(=O)NCC(=O)N3CCC(N4CCCCCC4)CC3)ccc21. The number of carbonyl (C=O) groups excluding carboxylic acids is 2. The Kier molecular flexibility index (Phi) is 9.35. The van der Waals surface area contributed by atoms with Gasteiger partial charge in [0.05, 0.1) is 17.6 Å². The minimum absolute atomic E-state index is 0.00925. The highest BCUT2D eigenvalue weighted by molar-refractivity contribution is 7.09. The van der Waals surface area contributed by atoms with Gasteiger partial charge < -0.3 is 19.7 Å². The minimum Gasteiger partial charge on any atom is -0.343 e. The number of amides is 2. The molecule has 0 aliphatic carbocycles. The molecular weight excluding hydrogens is 506 g/mol. The predicted octanol–water partition coefficient (Wildman–Crippen LogP) is 5.65. The van der Waals surface area contributed by atoms with E-state index in [1.54, 1.807) is 11.3 Å². The van der Waals surface area contributed by atoms with Gasteiger partial charge in [0.25, 0.3) is 5.91 Å². The summed E-state index contributed by atoms with van der Waals surface area (Å²) in [5.41, 5.74) is 2.45. The lowest BCUT2D eigenvalue weighted by Crippen LogP contribution is -2.49. The van der Waals surface area contributed by atoms with Crippen LogP contribution >= 0.6 is 11.3 Å². The summed E-state index contributed by atoms with van der Waals surface area (Å²) >= 11 is 1.74. The zero-order valence-electron chi connectivity index (χ0n) is 23.5. The molecule has 39 heavy (non-hydrogen) atoms. The second-order valence-corrected chi connectivity index (χ2v) is 12.1. The molecule has 210 valence electrons. The third-order valence-electron chi connectivity index (χ3n) is 8.62. The normalized spacial score (nSPS) is 17.6. The Morgan fingerprint density at radius 1 is 1.03 bits per heavy atom. The maximum atomic E-state index is 13.0. The number of aromatic nitrogens is 2. The standard InChI is InChI=1S/C31H43N5O2S/c1-3-24(4-2)36-28-12-11-23(20-27(28)33-29(36)21-26-10-9-19-39-26)31(38)32-22-30(37)35-17-13-25(14-18-35)34-15-7-5-6-8-16-34/h9-12,19-20,24-25H,3-8,13-18,21-22H2,1-2H3,(H,32,38). The van der Waals surface area contributed by atoms with Gasteiger partial charge in [0.15, 0.2) is 0 Å². The van der Waals surface area contributed by atoms with Crippen LogP contribution in [0.2, 0.25) is 0 Å². The number of rotatable bonds is 9. The average Bonchev–Trinajstić information content (AvgIpc) is 3.51. The van der Waals surface area contributed by atoms with E-state index < -0.39 is 0 Å². The largest absolute Gasteiger partial charge is 0.343 e. The molecule has 1 N–H and O–H groups in total. The Hall–Kier alpha value is -2.71. The van der Waals surface area contributed by atoms with Crippen LogP contribution < -0.4 is 5.32 Å². The van der Waals surface area contributed by atoms with E-state index in [9.17, 15) is 9.59 Å². The van der Waals surface area contributed by atoms with Gasteiger partial charge in [0, 0.05) is 42.0 Å². The summed E-state index contributed by atoms with van der Waals surface area (Å²) in [4.78, 5) is 36.8. The summed E-state index contributed by atoms with van der Waals surface area (Å²) in [5.74, 6) is 0.828. The van der Waals surface area contributed by atoms with Crippen molar-refractivity contribution in [3.63, 3.8) is 0 Å². The first-order valence-electron chi connectivity index (χ1n) is 14.9. The molecule has 0 bridgehead atoms. The molecule has 4 heterocycles. The smallest absolute Gasteiger partial charge is 0.251 e. The molecular formula is C31H43N5O2S. The molecule has 2 aliphatic rings. The fourth-order valence-electron chi connectivity index (χ4n) is 6.36. The van der Waals surface area contributed by atoms with Crippen LogP contribution in [0.1, 0.15) is 92.3 Å². The van der Waals surface area contributed by atoms with Crippen molar-refractivity contribution in [2.24, 2.45) is 0 Å². The number of hydrogen-bond acceptors (Lipinski definition) is 5. The van der Waals surface area contributed by atoms with Gasteiger partial charge in [0.2, 0.25) is 5.91 Å². The van der Waals surface area contributed by atoms with E-state index in [1.807, 2.05) is 23.1 Å². The van der Waals surface area contributed by atoms with Gasteiger partial charge in [-0.3, -0.25) is 9.59 Å². The predicted molar refractivity (Wildman–Crippen MR) is 158 cm³/mol. The van der Waals surface area contributed by atoms with E-state index in [0.29, 0.717) is 17.6 Å². The van der Waals surface area contributed by atoms with Crippen LogP contribution in [0.15, 0.2) is 35.7 Å². The highest BCUT2D eigenvalue weighted by Gasteiger charge is 2.27. The Balaban J connectivity index is 1.21. The van der Waals surface area contributed by atoms with E-state index in [1.165, 1.54) is 43.6 Å². The van der Waals surface area contributed by atoms with Crippen LogP contribution in [-0.4, -0.2) is 69.9 Å². The van der Waals surface area contributed by atoms with E-state index in [-0.39, 0.29) is 18.4 Å². The van der Waals surface area contributed by atoms with E-state index in [0.717, 1.165) is 62.1 Å². The fraction of sp³-hybridized carbons (Fsp3) is 0.581. The number of carbonyl (C=O) groups is 2. The molecule has 5 rings (SSSR count). The van der Waals surface area contributed by atoms with Gasteiger partial charge >= 0.3 is 0 Å². The molecule has 2 saturated heterocycles. The number of imidazole rings is 1. The van der Waals surface area contributed by atoms with Gasteiger partial charge in [-0.15, -0.1) is 11.3 Å². The Morgan fingerprint density at radius 3 is 2.44 bits per heavy atom. The molecule has 2 amide bonds. The monoisotopic (exact) mass is 549 g/mol. The quantitative estimate of drug-likeness (QED) is 0.375. The number of piperidine rings is 1. The lowest BCUT2D eigenvalue weighted by molar-refractivity contribution is -0.131. The van der Waals surface area contributed by atoms with Crippen molar-refractivity contribution in [1.29, 1.82) is 0 Å². The highest BCUT2D eigenvalue weighted by atomic mass is 32.1. The van der Waals surface area contributed by atoms with Crippen LogP contribution in [0.25, 0.3) is 11.0 Å². The van der Waals surface area contributed by atoms with Crippen molar-refractivity contribution < 1.29 is 9.59 Å². The number of thiophene rings is 1. The summed E-state index contributed by atoms with van der Waals surface area (Å²) in [7, 11) is 0. The Labute approximate surface area is 236 Å². The van der Waals surface area contributed by atoms with Gasteiger partial charge in [-0.05, 0) is 81.3 Å². The van der Waals surface area contributed by atoms with Crippen molar-refractivity contribution in [3.8, 4) is 0 Å². The third kappa shape index (κ3) is 6.55. The van der Waals surface area contributed by atoms with Crippen molar-refractivity contribution in [2.75, 3.05) is 32.7 Å². The summed E-state index contributed by atoms with van der Waals surface area (Å²) in [6.45, 7) is 8.42. The highest BCUT2D eigenvalue weighted by Crippen LogP contribution is 2.28. The molecule has 0 unspecified atom stereocenters. The van der Waals surface area contributed by atoms with Crippen LogP contribution in [-0.2, 0) is 11.2 Å². The Morgan fingerprint density at radius 2 is 1.77 bits per heavy atom. The molecule has 3 aromatic rings. The molecule has 8 heteroatoms. The number of nitrogens with one attached hydrogen (secondary N) is 1. The molecule has 2 fully saturated rings. The van der Waals surface area contributed by atoms with Gasteiger partial charge in [-0.2, -0.15) is 0 Å². The second-order valence-electron chi connectivity index (χ2n) is 11.1. The van der Waals surface area contributed by atoms with Crippen LogP contribution in [0.5, 0.6) is 0 Å². The molecule has 0 saturated carbocycles. The fourth-order valence-corrected chi connectivity index (χ4v) is 7.06. The number of nitrogens with zero attached hydrogens (tertiary/aromatic N) is 4. The third-order valence-corrected chi connectivity index (χ3v) is 9.50. The average molecular weight is 550 g/mol. The molecule has 2 aliphatic heterocycles. The van der Waals surface area contributed by atoms with Crippen molar-refractivity contribution in [2.45, 2.75) is 83.7 Å². The molecule has 0 atom stereocenters. The number of benzene rings is 1. The minimum atomic E-state index is -0.221. The molecule has 0 radical (unpaired) electrons. The van der Waals surface area contributed by atoms with Crippen LogP contribution in [0, 0.1) is 0 Å². The van der Waals surface area contributed by atoms with Gasteiger partial charge in [-0.1, -0.05) is 32.8 Å². The lowest BCUT2D eigenvalue weighted by atomic mass is 10.0. The van der Waals surface area contributed by atoms with E-state index in [2.05, 4.69) is 46.1 Å². The first-order valence-corrected chi connectivity index (χ1v) is 15.8. The zero-order valence-corrected chi connectivity index (χ0v) is 24.3. The van der Waals surface area contributed by atoms with Crippen LogP contribution in [0.3, 0.4) is 0 Å². The second kappa shape index (κ2) is 13.1. The topological polar surface area (TPSA) is 70.5 Å². The van der Waals surface area contributed by atoms with Gasteiger partial charge in [0.1, 0.15) is 5.82 Å². The maximum Gasteiger partial charge on any atom is 0.251 e. The number of fused-ring (bicyclic) bond motifs is 1. The van der Waals surface area contributed by atoms with E-state index >= 15 is 0 Å². The maximum absolute atomic E-state index is 13.0. The summed E-state index contributed by atoms with van der Waals surface area (Å²) in [6.07, 6.45) is 10.2. The number of hydrogen-bond donors (Lipinski definition) is 1. The van der Waals surface area contributed by atoms with E-state index in [4.69, 9.17) is 4.98 Å². The zero-order chi connectivity index (χ0) is 27.2.